The van der Waals surface area contributed by atoms with E-state index in [1.54, 1.807) is 6.20 Å². The van der Waals surface area contributed by atoms with Gasteiger partial charge in [-0.3, -0.25) is 9.59 Å². The molecule has 1 aromatic carbocycles. The van der Waals surface area contributed by atoms with Crippen LogP contribution in [-0.2, 0) is 32.0 Å². The number of nitrogens with zero attached hydrogens (tertiary/aromatic N) is 2. The molecule has 0 fully saturated rings. The Kier molecular flexibility index (Phi) is 12.6. The molecule has 2 rings (SSSR count). The molecular weight excluding hydrogens is 505 g/mol. The molecule has 1 heterocycles. The molecule has 0 aliphatic heterocycles. The first-order chi connectivity index (χ1) is 17.3. The summed E-state index contributed by atoms with van der Waals surface area (Å²) in [6.45, 7) is 5.23. The van der Waals surface area contributed by atoms with Gasteiger partial charge in [-0.1, -0.05) is 26.0 Å². The predicted molar refractivity (Wildman–Crippen MR) is 141 cm³/mol. The Balaban J connectivity index is 2.09. The van der Waals surface area contributed by atoms with Crippen LogP contribution in [0.15, 0.2) is 36.8 Å². The highest BCUT2D eigenvalue weighted by Gasteiger charge is 2.28. The van der Waals surface area contributed by atoms with Crippen LogP contribution in [0.1, 0.15) is 31.5 Å². The molecule has 1 aromatic heterocycles. The molecule has 9 nitrogen and oxygen atoms in total. The van der Waals surface area contributed by atoms with E-state index in [1.807, 2.05) is 38.1 Å². The van der Waals surface area contributed by atoms with Crippen molar-refractivity contribution in [3.63, 3.8) is 0 Å². The first kappa shape index (κ1) is 29.5. The van der Waals surface area contributed by atoms with Crippen LogP contribution in [0.2, 0.25) is 0 Å². The highest BCUT2D eigenvalue weighted by Crippen LogP contribution is 2.16. The fraction of sp³-hybridized carbons (Fsp3) is 0.520. The summed E-state index contributed by atoms with van der Waals surface area (Å²) in [7, 11) is 1.28. The number of carbonyl (C=O) groups excluding carboxylic acids is 3. The van der Waals surface area contributed by atoms with Gasteiger partial charge in [0.2, 0.25) is 11.8 Å². The number of aromatic nitrogens is 2. The van der Waals surface area contributed by atoms with Crippen molar-refractivity contribution < 1.29 is 19.1 Å². The van der Waals surface area contributed by atoms with E-state index >= 15 is 0 Å². The third kappa shape index (κ3) is 9.70. The number of hydrogen-bond donors (Lipinski definition) is 3. The van der Waals surface area contributed by atoms with Crippen LogP contribution in [0.5, 0.6) is 0 Å². The summed E-state index contributed by atoms with van der Waals surface area (Å²) in [5.74, 6) is -0.200. The number of aromatic amines is 1. The van der Waals surface area contributed by atoms with Gasteiger partial charge in [-0.25, -0.2) is 9.78 Å². The van der Waals surface area contributed by atoms with Gasteiger partial charge in [0.1, 0.15) is 12.1 Å². The van der Waals surface area contributed by atoms with E-state index in [9.17, 15) is 14.4 Å². The Morgan fingerprint density at radius 3 is 2.25 bits per heavy atom. The number of anilines is 1. The highest BCUT2D eigenvalue weighted by molar-refractivity contribution is 6.18. The number of halogens is 2. The molecule has 0 saturated heterocycles. The number of esters is 1. The zero-order valence-electron chi connectivity index (χ0n) is 20.9. The summed E-state index contributed by atoms with van der Waals surface area (Å²) in [5.41, 5.74) is 2.44. The van der Waals surface area contributed by atoms with Crippen molar-refractivity contribution in [3.05, 3.63) is 48.0 Å². The van der Waals surface area contributed by atoms with Gasteiger partial charge in [0, 0.05) is 48.8 Å². The van der Waals surface area contributed by atoms with Crippen LogP contribution in [-0.4, -0.2) is 71.8 Å². The summed E-state index contributed by atoms with van der Waals surface area (Å²) in [4.78, 5) is 47.2. The van der Waals surface area contributed by atoms with Crippen molar-refractivity contribution in [1.29, 1.82) is 0 Å². The molecule has 11 heteroatoms. The van der Waals surface area contributed by atoms with Crippen LogP contribution in [0.3, 0.4) is 0 Å². The second-order valence-corrected chi connectivity index (χ2v) is 9.58. The maximum atomic E-state index is 13.1. The molecule has 2 aromatic rings. The van der Waals surface area contributed by atoms with Crippen LogP contribution in [0.25, 0.3) is 0 Å². The molecule has 0 aliphatic carbocycles. The van der Waals surface area contributed by atoms with E-state index in [4.69, 9.17) is 27.9 Å². The fourth-order valence-corrected chi connectivity index (χ4v) is 4.16. The number of ether oxygens (including phenoxy) is 1. The van der Waals surface area contributed by atoms with E-state index in [-0.39, 0.29) is 24.7 Å². The molecule has 2 amide bonds. The maximum Gasteiger partial charge on any atom is 0.328 e. The summed E-state index contributed by atoms with van der Waals surface area (Å²) in [6.07, 6.45) is 3.79. The Hall–Kier alpha value is -2.78. The number of hydrogen-bond acceptors (Lipinski definition) is 6. The molecule has 0 aliphatic rings. The van der Waals surface area contributed by atoms with Crippen LogP contribution in [0, 0.1) is 5.92 Å². The van der Waals surface area contributed by atoms with Gasteiger partial charge in [-0.05, 0) is 30.0 Å². The highest BCUT2D eigenvalue weighted by atomic mass is 35.5. The topological polar surface area (TPSA) is 116 Å². The standard InChI is InChI=1S/C25H35Cl2N5O4/c1-17(2)12-22(25(35)36-3)31-24(34)21(14-19-15-28-16-29-19)30-23(33)13-18-4-6-20(7-5-18)32(10-8-26)11-9-27/h4-7,15-17,21-22H,8-14H2,1-3H3,(H,28,29)(H,30,33)(H,31,34)/t21-,22?/m0/s1. The Morgan fingerprint density at radius 2 is 1.72 bits per heavy atom. The SMILES string of the molecule is COC(=O)C(CC(C)C)NC(=O)[C@H](Cc1cnc[nH]1)NC(=O)Cc1ccc(N(CCCl)CCCl)cc1. The Bertz CT molecular complexity index is 948. The Labute approximate surface area is 222 Å². The molecule has 2 atom stereocenters. The number of imidazole rings is 1. The third-order valence-corrected chi connectivity index (χ3v) is 5.85. The smallest absolute Gasteiger partial charge is 0.328 e. The number of H-pyrrole nitrogens is 1. The number of carbonyl (C=O) groups is 3. The lowest BCUT2D eigenvalue weighted by Crippen LogP contribution is -2.53. The van der Waals surface area contributed by atoms with E-state index in [1.165, 1.54) is 13.4 Å². The van der Waals surface area contributed by atoms with Crippen molar-refractivity contribution in [2.45, 2.75) is 45.2 Å². The molecule has 198 valence electrons. The van der Waals surface area contributed by atoms with Crippen molar-refractivity contribution in [3.8, 4) is 0 Å². The van der Waals surface area contributed by atoms with Crippen LogP contribution in [0.4, 0.5) is 5.69 Å². The number of alkyl halides is 2. The molecule has 1 unspecified atom stereocenters. The molecule has 36 heavy (non-hydrogen) atoms. The number of methoxy groups -OCH3 is 1. The average molecular weight is 540 g/mol. The summed E-state index contributed by atoms with van der Waals surface area (Å²) < 4.78 is 4.84. The van der Waals surface area contributed by atoms with Gasteiger partial charge < -0.3 is 25.3 Å². The number of rotatable bonds is 15. The zero-order chi connectivity index (χ0) is 26.5. The largest absolute Gasteiger partial charge is 0.467 e. The molecule has 0 saturated carbocycles. The first-order valence-corrected chi connectivity index (χ1v) is 12.9. The summed E-state index contributed by atoms with van der Waals surface area (Å²) in [5, 5.41) is 5.54. The lowest BCUT2D eigenvalue weighted by atomic mass is 10.0. The van der Waals surface area contributed by atoms with E-state index in [0.29, 0.717) is 37.0 Å². The second kappa shape index (κ2) is 15.4. The molecule has 0 spiro atoms. The van der Waals surface area contributed by atoms with Crippen LogP contribution >= 0.6 is 23.2 Å². The minimum Gasteiger partial charge on any atom is -0.467 e. The monoisotopic (exact) mass is 539 g/mol. The van der Waals surface area contributed by atoms with Crippen molar-refractivity contribution in [2.24, 2.45) is 5.92 Å². The minimum atomic E-state index is -0.903. The zero-order valence-corrected chi connectivity index (χ0v) is 22.4. The van der Waals surface area contributed by atoms with E-state index < -0.39 is 24.0 Å². The van der Waals surface area contributed by atoms with Gasteiger partial charge in [0.05, 0.1) is 19.9 Å². The van der Waals surface area contributed by atoms with Gasteiger partial charge in [0.15, 0.2) is 0 Å². The Morgan fingerprint density at radius 1 is 1.06 bits per heavy atom. The van der Waals surface area contributed by atoms with E-state index in [2.05, 4.69) is 25.5 Å². The normalized spacial score (nSPS) is 12.6. The lowest BCUT2D eigenvalue weighted by Gasteiger charge is -2.23. The van der Waals surface area contributed by atoms with Gasteiger partial charge in [-0.15, -0.1) is 23.2 Å². The predicted octanol–water partition coefficient (Wildman–Crippen LogP) is 2.67. The van der Waals surface area contributed by atoms with Gasteiger partial charge in [0.25, 0.3) is 0 Å². The number of amides is 2. The van der Waals surface area contributed by atoms with Crippen molar-refractivity contribution in [1.82, 2.24) is 20.6 Å². The summed E-state index contributed by atoms with van der Waals surface area (Å²) in [6, 6.07) is 5.86. The molecular formula is C25H35Cl2N5O4. The van der Waals surface area contributed by atoms with Gasteiger partial charge >= 0.3 is 5.97 Å². The van der Waals surface area contributed by atoms with Crippen LogP contribution < -0.4 is 15.5 Å². The van der Waals surface area contributed by atoms with Crippen molar-refractivity contribution in [2.75, 3.05) is 36.9 Å². The molecule has 3 N–H and O–H groups in total. The van der Waals surface area contributed by atoms with Gasteiger partial charge in [-0.2, -0.15) is 0 Å². The summed E-state index contributed by atoms with van der Waals surface area (Å²) >= 11 is 11.8. The number of nitrogens with one attached hydrogen (secondary N) is 3. The first-order valence-electron chi connectivity index (χ1n) is 11.9. The quantitative estimate of drug-likeness (QED) is 0.236. The average Bonchev–Trinajstić information content (AvgIpc) is 3.36. The second-order valence-electron chi connectivity index (χ2n) is 8.82. The fourth-order valence-electron chi connectivity index (χ4n) is 3.75. The number of benzene rings is 1. The lowest BCUT2D eigenvalue weighted by molar-refractivity contribution is -0.145. The van der Waals surface area contributed by atoms with E-state index in [0.717, 1.165) is 11.3 Å². The minimum absolute atomic E-state index is 0.0878. The van der Waals surface area contributed by atoms with Crippen molar-refractivity contribution >= 4 is 46.7 Å². The molecule has 0 radical (unpaired) electrons. The maximum absolute atomic E-state index is 13.1. The molecule has 0 bridgehead atoms. The third-order valence-electron chi connectivity index (χ3n) is 5.51.